The molecule has 0 saturated carbocycles. The van der Waals surface area contributed by atoms with Gasteiger partial charge in [0.15, 0.2) is 0 Å². The summed E-state index contributed by atoms with van der Waals surface area (Å²) in [4.78, 5) is 2.33. The first kappa shape index (κ1) is 61.2. The average Bonchev–Trinajstić information content (AvgIpc) is 1.62. The smallest absolute Gasteiger partial charge is 0.0561 e. The summed E-state index contributed by atoms with van der Waals surface area (Å²) in [5.74, 6) is 0. The van der Waals surface area contributed by atoms with Gasteiger partial charge in [-0.15, -0.1) is 22.7 Å². The Kier molecular flexibility index (Phi) is 17.8. The van der Waals surface area contributed by atoms with Crippen molar-refractivity contribution in [1.29, 1.82) is 0 Å². The number of nitrogens with one attached hydrogen (secondary N) is 1. The Morgan fingerprint density at radius 2 is 0.656 bits per heavy atom. The first-order valence-electron chi connectivity index (χ1n) is 33.0. The standard InChI is InChI=1S/C42H28N2S.C30H18ClNS.C12H11N.C5H12/c1-4-12-31(13-5-1)43(32-14-6-2-7-15-32)34-22-23-35-37-26-29(20-24-39(37)44(40(35)28-34)33-16-8-3-9-17-33)30-21-25-42-38(27-30)36-18-10-11-19-41(36)45-42;31-21-12-13-23-25-16-19(10-14-27(25)32(28(23)18-21)22-6-2-1-3-7-22)20-11-15-30-26(17-20)24-8-4-5-9-29(24)33-30;1-3-7-11(8-4-1)13-12-9-5-2-6-10-12;1-3-5-4-2/h1-28H;1-18H;1-10,13H;3-5H2,1-2H3. The highest BCUT2D eigenvalue weighted by Crippen LogP contribution is 2.44. The number of para-hydroxylation sites is 6. The zero-order chi connectivity index (χ0) is 64.7. The van der Waals surface area contributed by atoms with Gasteiger partial charge in [0, 0.05) is 107 Å². The molecule has 0 bridgehead atoms. The molecule has 7 heteroatoms. The van der Waals surface area contributed by atoms with E-state index in [-0.39, 0.29) is 0 Å². The number of hydrogen-bond acceptors (Lipinski definition) is 4. The van der Waals surface area contributed by atoms with Crippen molar-refractivity contribution in [2.24, 2.45) is 0 Å². The molecule has 4 nitrogen and oxygen atoms in total. The lowest BCUT2D eigenvalue weighted by Crippen LogP contribution is -2.09. The second-order valence-corrected chi connectivity index (χ2v) is 26.6. The Morgan fingerprint density at radius 3 is 1.09 bits per heavy atom. The highest BCUT2D eigenvalue weighted by molar-refractivity contribution is 7.26. The number of hydrogen-bond donors (Lipinski definition) is 1. The van der Waals surface area contributed by atoms with Crippen molar-refractivity contribution in [3.05, 3.63) is 345 Å². The van der Waals surface area contributed by atoms with E-state index in [2.05, 4.69) is 300 Å². The van der Waals surface area contributed by atoms with Gasteiger partial charge in [0.05, 0.1) is 22.1 Å². The van der Waals surface area contributed by atoms with E-state index >= 15 is 0 Å². The van der Waals surface area contributed by atoms with Crippen molar-refractivity contribution in [2.75, 3.05) is 10.2 Å². The summed E-state index contributed by atoms with van der Waals surface area (Å²) in [7, 11) is 0. The van der Waals surface area contributed by atoms with Crippen LogP contribution in [-0.2, 0) is 0 Å². The third kappa shape index (κ3) is 12.5. The molecule has 4 heterocycles. The van der Waals surface area contributed by atoms with Gasteiger partial charge < -0.3 is 19.4 Å². The van der Waals surface area contributed by atoms with Crippen LogP contribution in [-0.4, -0.2) is 9.13 Å². The van der Waals surface area contributed by atoms with Crippen molar-refractivity contribution in [3.8, 4) is 33.6 Å². The number of benzene rings is 14. The molecular weight excluding hydrogens is 1220 g/mol. The maximum Gasteiger partial charge on any atom is 0.0561 e. The Labute approximate surface area is 573 Å². The fraction of sp³-hybridized carbons (Fsp3) is 0.0562. The number of unbranched alkanes of at least 4 members (excludes halogenated alkanes) is 2. The molecular formula is C89H69ClN4S2. The minimum absolute atomic E-state index is 0.748. The highest BCUT2D eigenvalue weighted by Gasteiger charge is 2.20. The zero-order valence-electron chi connectivity index (χ0n) is 53.5. The summed E-state index contributed by atoms with van der Waals surface area (Å²) in [6.07, 6.45) is 4.08. The fourth-order valence-corrected chi connectivity index (χ4v) is 15.5. The Hall–Kier alpha value is -11.0. The van der Waals surface area contributed by atoms with E-state index in [9.17, 15) is 0 Å². The van der Waals surface area contributed by atoms with Crippen molar-refractivity contribution in [1.82, 2.24) is 9.13 Å². The molecule has 0 radical (unpaired) electrons. The number of aromatic nitrogens is 2. The summed E-state index contributed by atoms with van der Waals surface area (Å²) >= 11 is 10.1. The minimum Gasteiger partial charge on any atom is -0.356 e. The third-order valence-corrected chi connectivity index (χ3v) is 20.3. The van der Waals surface area contributed by atoms with Gasteiger partial charge in [0.2, 0.25) is 0 Å². The van der Waals surface area contributed by atoms with Gasteiger partial charge in [0.25, 0.3) is 0 Å². The van der Waals surface area contributed by atoms with Crippen LogP contribution < -0.4 is 10.2 Å². The van der Waals surface area contributed by atoms with Crippen LogP contribution in [0.2, 0.25) is 5.02 Å². The molecule has 0 fully saturated rings. The summed E-state index contributed by atoms with van der Waals surface area (Å²) in [5, 5.41) is 14.3. The lowest BCUT2D eigenvalue weighted by atomic mass is 10.0. The molecule has 18 rings (SSSR count). The topological polar surface area (TPSA) is 25.1 Å². The first-order valence-corrected chi connectivity index (χ1v) is 35.0. The molecule has 0 atom stereocenters. The molecule has 4 aromatic heterocycles. The summed E-state index contributed by atoms with van der Waals surface area (Å²) in [5.41, 5.74) is 17.5. The molecule has 1 N–H and O–H groups in total. The number of nitrogens with zero attached hydrogens (tertiary/aromatic N) is 3. The van der Waals surface area contributed by atoms with E-state index in [1.54, 1.807) is 0 Å². The number of rotatable bonds is 11. The SMILES string of the molecule is CCCCC.Clc1ccc2c3cc(-c4ccc5sc6ccccc6c5c4)ccc3n(-c3ccccc3)c2c1.c1ccc(N(c2ccccc2)c2ccc3c4cc(-c5ccc6sc7ccccc7c6c5)ccc4n(-c4ccccc4)c3c2)cc1.c1ccc(Nc2ccccc2)cc1. The zero-order valence-corrected chi connectivity index (χ0v) is 55.9. The van der Waals surface area contributed by atoms with Crippen LogP contribution in [0.25, 0.3) is 118 Å². The van der Waals surface area contributed by atoms with Gasteiger partial charge in [-0.3, -0.25) is 0 Å². The molecule has 14 aromatic carbocycles. The van der Waals surface area contributed by atoms with Gasteiger partial charge in [-0.25, -0.2) is 0 Å². The van der Waals surface area contributed by atoms with Crippen LogP contribution in [0.15, 0.2) is 340 Å². The third-order valence-electron chi connectivity index (χ3n) is 17.8. The monoisotopic (exact) mass is 1290 g/mol. The van der Waals surface area contributed by atoms with E-state index in [0.29, 0.717) is 0 Å². The van der Waals surface area contributed by atoms with Gasteiger partial charge >= 0.3 is 0 Å². The van der Waals surface area contributed by atoms with E-state index in [4.69, 9.17) is 11.6 Å². The second-order valence-electron chi connectivity index (χ2n) is 24.0. The van der Waals surface area contributed by atoms with E-state index in [1.165, 1.54) is 120 Å². The molecule has 96 heavy (non-hydrogen) atoms. The summed E-state index contributed by atoms with van der Waals surface area (Å²) in [6, 6.07) is 121. The summed E-state index contributed by atoms with van der Waals surface area (Å²) in [6.45, 7) is 4.42. The second kappa shape index (κ2) is 27.9. The Balaban J connectivity index is 0.000000129. The molecule has 0 aliphatic heterocycles. The van der Waals surface area contributed by atoms with Crippen LogP contribution >= 0.6 is 34.3 Å². The molecule has 0 unspecified atom stereocenters. The Bertz CT molecular complexity index is 5610. The molecule has 0 saturated heterocycles. The molecule has 0 amide bonds. The number of halogens is 1. The molecule has 18 aromatic rings. The normalized spacial score (nSPS) is 11.2. The predicted octanol–water partition coefficient (Wildman–Crippen LogP) is 27.4. The van der Waals surface area contributed by atoms with Gasteiger partial charge in [-0.2, -0.15) is 0 Å². The summed E-state index contributed by atoms with van der Waals surface area (Å²) < 4.78 is 10.0. The van der Waals surface area contributed by atoms with Crippen LogP contribution in [0.5, 0.6) is 0 Å². The predicted molar refractivity (Wildman–Crippen MR) is 419 cm³/mol. The van der Waals surface area contributed by atoms with Crippen LogP contribution in [0, 0.1) is 0 Å². The van der Waals surface area contributed by atoms with Gasteiger partial charge in [0.1, 0.15) is 0 Å². The van der Waals surface area contributed by atoms with E-state index < -0.39 is 0 Å². The minimum atomic E-state index is 0.748. The largest absolute Gasteiger partial charge is 0.356 e. The number of thiophene rings is 2. The quantitative estimate of drug-likeness (QED) is 0.140. The van der Waals surface area contributed by atoms with Crippen LogP contribution in [0.3, 0.4) is 0 Å². The maximum absolute atomic E-state index is 6.41. The fourth-order valence-electron chi connectivity index (χ4n) is 13.2. The lowest BCUT2D eigenvalue weighted by Gasteiger charge is -2.25. The van der Waals surface area contributed by atoms with Gasteiger partial charge in [-0.05, 0) is 180 Å². The average molecular weight is 1290 g/mol. The lowest BCUT2D eigenvalue weighted by molar-refractivity contribution is 0.772. The molecule has 0 aliphatic carbocycles. The molecule has 464 valence electrons. The number of anilines is 5. The first-order chi connectivity index (χ1) is 47.4. The number of fused-ring (bicyclic) bond motifs is 12. The van der Waals surface area contributed by atoms with E-state index in [1.807, 2.05) is 95.5 Å². The van der Waals surface area contributed by atoms with Crippen LogP contribution in [0.4, 0.5) is 28.4 Å². The van der Waals surface area contributed by atoms with Crippen molar-refractivity contribution < 1.29 is 0 Å². The van der Waals surface area contributed by atoms with E-state index in [0.717, 1.165) is 50.4 Å². The van der Waals surface area contributed by atoms with Crippen molar-refractivity contribution in [3.63, 3.8) is 0 Å². The van der Waals surface area contributed by atoms with Crippen LogP contribution in [0.1, 0.15) is 33.1 Å². The highest BCUT2D eigenvalue weighted by atomic mass is 35.5. The molecule has 0 spiro atoms. The van der Waals surface area contributed by atoms with Crippen molar-refractivity contribution in [2.45, 2.75) is 33.1 Å². The molecule has 0 aliphatic rings. The Morgan fingerprint density at radius 1 is 0.292 bits per heavy atom. The van der Waals surface area contributed by atoms with Gasteiger partial charge in [-0.1, -0.05) is 227 Å². The van der Waals surface area contributed by atoms with Crippen molar-refractivity contribution >= 4 is 147 Å². The maximum atomic E-state index is 6.41.